The Morgan fingerprint density at radius 1 is 1.43 bits per heavy atom. The van der Waals surface area contributed by atoms with Crippen molar-refractivity contribution in [2.24, 2.45) is 0 Å². The average Bonchev–Trinajstić information content (AvgIpc) is 2.85. The highest BCUT2D eigenvalue weighted by molar-refractivity contribution is 7.99. The fraction of sp³-hybridized carbons (Fsp3) is 0.385. The Bertz CT molecular complexity index is 630. The molecule has 2 heterocycles. The smallest absolute Gasteiger partial charge is 0.313 e. The molecular weight excluding hydrogens is 292 g/mol. The maximum absolute atomic E-state index is 10.7. The van der Waals surface area contributed by atoms with E-state index in [9.17, 15) is 4.79 Å². The molecule has 0 aliphatic rings. The molecule has 0 spiro atoms. The van der Waals surface area contributed by atoms with Crippen molar-refractivity contribution in [1.82, 2.24) is 19.7 Å². The van der Waals surface area contributed by atoms with Gasteiger partial charge >= 0.3 is 5.97 Å². The van der Waals surface area contributed by atoms with Crippen LogP contribution in [0.25, 0.3) is 11.5 Å². The van der Waals surface area contributed by atoms with E-state index in [1.54, 1.807) is 7.11 Å². The molecule has 112 valence electrons. The molecule has 0 amide bonds. The number of aromatic nitrogens is 4. The van der Waals surface area contributed by atoms with Crippen LogP contribution in [0.5, 0.6) is 0 Å². The lowest BCUT2D eigenvalue weighted by molar-refractivity contribution is -0.133. The Morgan fingerprint density at radius 2 is 2.24 bits per heavy atom. The topological polar surface area (TPSA) is 90.1 Å². The fourth-order valence-electron chi connectivity index (χ4n) is 1.76. The van der Waals surface area contributed by atoms with Crippen molar-refractivity contribution < 1.29 is 14.6 Å². The number of carboxylic acids is 1. The van der Waals surface area contributed by atoms with Gasteiger partial charge in [-0.2, -0.15) is 0 Å². The minimum Gasteiger partial charge on any atom is -0.481 e. The van der Waals surface area contributed by atoms with Crippen molar-refractivity contribution in [2.75, 3.05) is 19.5 Å². The molecule has 0 bridgehead atoms. The molecular formula is C13H16N4O3S. The second-order valence-corrected chi connectivity index (χ2v) is 5.24. The minimum atomic E-state index is -0.892. The third kappa shape index (κ3) is 4.02. The number of hydrogen-bond donors (Lipinski definition) is 1. The van der Waals surface area contributed by atoms with Gasteiger partial charge in [0.1, 0.15) is 5.69 Å². The maximum atomic E-state index is 10.7. The molecule has 0 aromatic carbocycles. The predicted octanol–water partition coefficient (Wildman–Crippen LogP) is 1.47. The molecule has 21 heavy (non-hydrogen) atoms. The van der Waals surface area contributed by atoms with E-state index in [4.69, 9.17) is 9.84 Å². The normalized spacial score (nSPS) is 10.8. The molecule has 0 aliphatic heterocycles. The van der Waals surface area contributed by atoms with E-state index >= 15 is 0 Å². The van der Waals surface area contributed by atoms with Crippen molar-refractivity contribution in [2.45, 2.75) is 18.6 Å². The number of nitrogens with zero attached hydrogens (tertiary/aromatic N) is 4. The molecule has 0 radical (unpaired) electrons. The third-order valence-electron chi connectivity index (χ3n) is 2.68. The zero-order valence-corrected chi connectivity index (χ0v) is 12.6. The van der Waals surface area contributed by atoms with Gasteiger partial charge in [-0.3, -0.25) is 9.36 Å². The summed E-state index contributed by atoms with van der Waals surface area (Å²) in [6.07, 6.45) is 0. The largest absolute Gasteiger partial charge is 0.481 e. The molecule has 0 saturated carbocycles. The summed E-state index contributed by atoms with van der Waals surface area (Å²) in [5.41, 5.74) is 1.59. The van der Waals surface area contributed by atoms with Crippen LogP contribution in [0.15, 0.2) is 23.4 Å². The highest BCUT2D eigenvalue weighted by atomic mass is 32.2. The van der Waals surface area contributed by atoms with Crippen LogP contribution in [-0.4, -0.2) is 50.3 Å². The Balaban J connectivity index is 2.33. The number of pyridine rings is 1. The lowest BCUT2D eigenvalue weighted by Crippen LogP contribution is -2.09. The number of aliphatic carboxylic acids is 1. The van der Waals surface area contributed by atoms with Crippen molar-refractivity contribution >= 4 is 17.7 Å². The van der Waals surface area contributed by atoms with Crippen molar-refractivity contribution in [3.8, 4) is 11.5 Å². The van der Waals surface area contributed by atoms with Gasteiger partial charge in [0.25, 0.3) is 0 Å². The minimum absolute atomic E-state index is 0.0631. The Kier molecular flexibility index (Phi) is 5.29. The molecule has 0 aliphatic carbocycles. The number of hydrogen-bond acceptors (Lipinski definition) is 6. The fourth-order valence-corrected chi connectivity index (χ4v) is 2.45. The zero-order valence-electron chi connectivity index (χ0n) is 11.8. The summed E-state index contributed by atoms with van der Waals surface area (Å²) in [6.45, 7) is 2.92. The van der Waals surface area contributed by atoms with Crippen LogP contribution in [-0.2, 0) is 16.1 Å². The van der Waals surface area contributed by atoms with E-state index in [1.807, 2.05) is 29.7 Å². The van der Waals surface area contributed by atoms with Crippen LogP contribution in [0.1, 0.15) is 5.69 Å². The molecule has 0 atom stereocenters. The van der Waals surface area contributed by atoms with Crippen LogP contribution in [0, 0.1) is 6.92 Å². The Labute approximate surface area is 126 Å². The number of carbonyl (C=O) groups is 1. The van der Waals surface area contributed by atoms with Gasteiger partial charge < -0.3 is 9.84 Å². The first-order valence-electron chi connectivity index (χ1n) is 6.32. The van der Waals surface area contributed by atoms with Gasteiger partial charge in [-0.25, -0.2) is 4.98 Å². The van der Waals surface area contributed by atoms with Gasteiger partial charge in [-0.15, -0.1) is 10.2 Å². The molecule has 0 saturated heterocycles. The number of aryl methyl sites for hydroxylation is 1. The standard InChI is InChI=1S/C13H16N4O3S/c1-9-4-3-5-10(14-9)12-15-16-13(21-8-11(18)19)17(12)6-7-20-2/h3-5H,6-8H2,1-2H3,(H,18,19). The molecule has 0 fully saturated rings. The van der Waals surface area contributed by atoms with Crippen molar-refractivity contribution in [3.05, 3.63) is 23.9 Å². The molecule has 7 nitrogen and oxygen atoms in total. The molecule has 2 rings (SSSR count). The lowest BCUT2D eigenvalue weighted by atomic mass is 10.3. The summed E-state index contributed by atoms with van der Waals surface area (Å²) >= 11 is 1.13. The summed E-state index contributed by atoms with van der Waals surface area (Å²) in [5.74, 6) is -0.341. The monoisotopic (exact) mass is 308 g/mol. The van der Waals surface area contributed by atoms with Gasteiger partial charge in [0, 0.05) is 12.8 Å². The first-order chi connectivity index (χ1) is 10.1. The maximum Gasteiger partial charge on any atom is 0.313 e. The Hall–Kier alpha value is -1.93. The number of thioether (sulfide) groups is 1. The second kappa shape index (κ2) is 7.19. The van der Waals surface area contributed by atoms with Crippen LogP contribution in [0.4, 0.5) is 0 Å². The van der Waals surface area contributed by atoms with Crippen LogP contribution in [0.3, 0.4) is 0 Å². The highest BCUT2D eigenvalue weighted by Crippen LogP contribution is 2.22. The van der Waals surface area contributed by atoms with Gasteiger partial charge in [0.2, 0.25) is 0 Å². The van der Waals surface area contributed by atoms with E-state index in [0.717, 1.165) is 17.5 Å². The lowest BCUT2D eigenvalue weighted by Gasteiger charge is -2.09. The van der Waals surface area contributed by atoms with E-state index < -0.39 is 5.97 Å². The zero-order chi connectivity index (χ0) is 15.2. The van der Waals surface area contributed by atoms with Crippen LogP contribution >= 0.6 is 11.8 Å². The number of methoxy groups -OCH3 is 1. The summed E-state index contributed by atoms with van der Waals surface area (Å²) in [4.78, 5) is 15.1. The molecule has 1 N–H and O–H groups in total. The first kappa shape index (κ1) is 15.5. The van der Waals surface area contributed by atoms with Crippen LogP contribution in [0.2, 0.25) is 0 Å². The van der Waals surface area contributed by atoms with Gasteiger partial charge in [-0.05, 0) is 19.1 Å². The number of carboxylic acid groups (broad SMARTS) is 1. The third-order valence-corrected chi connectivity index (χ3v) is 3.63. The van der Waals surface area contributed by atoms with E-state index in [0.29, 0.717) is 29.8 Å². The molecule has 0 unspecified atom stereocenters. The summed E-state index contributed by atoms with van der Waals surface area (Å²) in [7, 11) is 1.61. The van der Waals surface area contributed by atoms with Gasteiger partial charge in [0.05, 0.1) is 18.9 Å². The van der Waals surface area contributed by atoms with Crippen LogP contribution < -0.4 is 0 Å². The molecule has 2 aromatic rings. The SMILES string of the molecule is COCCn1c(SCC(=O)O)nnc1-c1cccc(C)n1. The number of rotatable bonds is 7. The summed E-state index contributed by atoms with van der Waals surface area (Å²) in [5, 5.41) is 17.5. The first-order valence-corrected chi connectivity index (χ1v) is 7.31. The summed E-state index contributed by atoms with van der Waals surface area (Å²) < 4.78 is 6.92. The van der Waals surface area contributed by atoms with E-state index in [1.165, 1.54) is 0 Å². The Morgan fingerprint density at radius 3 is 2.90 bits per heavy atom. The van der Waals surface area contributed by atoms with Crippen molar-refractivity contribution in [3.63, 3.8) is 0 Å². The molecule has 2 aromatic heterocycles. The highest BCUT2D eigenvalue weighted by Gasteiger charge is 2.16. The number of ether oxygens (including phenoxy) is 1. The quantitative estimate of drug-likeness (QED) is 0.775. The summed E-state index contributed by atoms with van der Waals surface area (Å²) in [6, 6.07) is 5.66. The molecule has 8 heteroatoms. The van der Waals surface area contributed by atoms with E-state index in [-0.39, 0.29) is 5.75 Å². The average molecular weight is 308 g/mol. The van der Waals surface area contributed by atoms with Gasteiger partial charge in [-0.1, -0.05) is 17.8 Å². The second-order valence-electron chi connectivity index (χ2n) is 4.30. The van der Waals surface area contributed by atoms with Gasteiger partial charge in [0.15, 0.2) is 11.0 Å². The van der Waals surface area contributed by atoms with E-state index in [2.05, 4.69) is 15.2 Å². The van der Waals surface area contributed by atoms with Crippen molar-refractivity contribution in [1.29, 1.82) is 0 Å². The predicted molar refractivity (Wildman–Crippen MR) is 78.2 cm³/mol.